The van der Waals surface area contributed by atoms with E-state index in [9.17, 15) is 10.4 Å². The molecule has 1 aliphatic heterocycles. The summed E-state index contributed by atoms with van der Waals surface area (Å²) in [4.78, 5) is 9.59. The van der Waals surface area contributed by atoms with E-state index in [0.717, 1.165) is 30.7 Å². The summed E-state index contributed by atoms with van der Waals surface area (Å²) in [6.07, 6.45) is 3.69. The van der Waals surface area contributed by atoms with E-state index in [1.807, 2.05) is 12.1 Å². The molecule has 0 aliphatic carbocycles. The molecule has 0 spiro atoms. The highest BCUT2D eigenvalue weighted by Crippen LogP contribution is 2.31. The van der Waals surface area contributed by atoms with Crippen molar-refractivity contribution < 1.29 is 5.11 Å². The fraction of sp³-hybridized carbons (Fsp3) is 0.385. The van der Waals surface area contributed by atoms with Crippen LogP contribution in [0.3, 0.4) is 0 Å². The molecule has 0 saturated carbocycles. The fourth-order valence-electron chi connectivity index (χ4n) is 2.65. The molecular weight excluding hydrogens is 228 g/mol. The van der Waals surface area contributed by atoms with Crippen molar-refractivity contribution >= 4 is 16.9 Å². The van der Waals surface area contributed by atoms with Crippen LogP contribution in [-0.2, 0) is 0 Å². The van der Waals surface area contributed by atoms with Crippen LogP contribution < -0.4 is 4.90 Å². The van der Waals surface area contributed by atoms with Crippen LogP contribution in [0.25, 0.3) is 11.0 Å². The topological polar surface area (TPSA) is 75.9 Å². The molecule has 1 fully saturated rings. The summed E-state index contributed by atoms with van der Waals surface area (Å²) in [7, 11) is 0. The van der Waals surface area contributed by atoms with Crippen LogP contribution in [0.1, 0.15) is 18.4 Å². The number of fused-ring (bicyclic) bond motifs is 1. The molecule has 18 heavy (non-hydrogen) atoms. The summed E-state index contributed by atoms with van der Waals surface area (Å²) in [6.45, 7) is 0.986. The SMILES string of the molecule is N#Cc1c(N2CCC[C@@H]2CO)[nH]c2cccnc12. The first-order valence-electron chi connectivity index (χ1n) is 6.09. The Hall–Kier alpha value is -2.06. The van der Waals surface area contributed by atoms with Crippen LogP contribution in [0.2, 0.25) is 0 Å². The molecule has 2 aromatic rings. The molecule has 2 N–H and O–H groups in total. The molecule has 92 valence electrons. The highest BCUT2D eigenvalue weighted by Gasteiger charge is 2.28. The lowest BCUT2D eigenvalue weighted by atomic mass is 10.2. The lowest BCUT2D eigenvalue weighted by Gasteiger charge is -2.23. The predicted octanol–water partition coefficient (Wildman–Crippen LogP) is 1.40. The van der Waals surface area contributed by atoms with Crippen molar-refractivity contribution in [1.82, 2.24) is 9.97 Å². The molecular formula is C13H14N4O. The van der Waals surface area contributed by atoms with Crippen molar-refractivity contribution in [2.24, 2.45) is 0 Å². The second-order valence-electron chi connectivity index (χ2n) is 4.53. The first kappa shape index (κ1) is 11.1. The Morgan fingerprint density at radius 3 is 3.28 bits per heavy atom. The third-order valence-electron chi connectivity index (χ3n) is 3.52. The number of nitrogens with one attached hydrogen (secondary N) is 1. The van der Waals surface area contributed by atoms with E-state index >= 15 is 0 Å². The van der Waals surface area contributed by atoms with Gasteiger partial charge >= 0.3 is 0 Å². The Balaban J connectivity index is 2.14. The quantitative estimate of drug-likeness (QED) is 0.834. The van der Waals surface area contributed by atoms with Gasteiger partial charge in [0.25, 0.3) is 0 Å². The molecule has 3 rings (SSSR count). The fourth-order valence-corrected chi connectivity index (χ4v) is 2.65. The van der Waals surface area contributed by atoms with Crippen molar-refractivity contribution in [3.63, 3.8) is 0 Å². The first-order valence-corrected chi connectivity index (χ1v) is 6.09. The molecule has 0 unspecified atom stereocenters. The summed E-state index contributed by atoms with van der Waals surface area (Å²) < 4.78 is 0. The molecule has 1 atom stereocenters. The second kappa shape index (κ2) is 4.31. The van der Waals surface area contributed by atoms with Crippen LogP contribution in [-0.4, -0.2) is 34.3 Å². The van der Waals surface area contributed by atoms with Gasteiger partial charge in [-0.3, -0.25) is 4.98 Å². The number of hydrogen-bond donors (Lipinski definition) is 2. The normalized spacial score (nSPS) is 19.3. The number of hydrogen-bond acceptors (Lipinski definition) is 4. The van der Waals surface area contributed by atoms with Gasteiger partial charge in [-0.1, -0.05) is 0 Å². The van der Waals surface area contributed by atoms with Gasteiger partial charge in [0.05, 0.1) is 18.2 Å². The second-order valence-corrected chi connectivity index (χ2v) is 4.53. The Morgan fingerprint density at radius 1 is 1.61 bits per heavy atom. The van der Waals surface area contributed by atoms with Crippen LogP contribution in [0.15, 0.2) is 18.3 Å². The maximum Gasteiger partial charge on any atom is 0.127 e. The lowest BCUT2D eigenvalue weighted by Crippen LogP contribution is -2.32. The summed E-state index contributed by atoms with van der Waals surface area (Å²) in [5.74, 6) is 0.794. The van der Waals surface area contributed by atoms with E-state index in [0.29, 0.717) is 11.1 Å². The van der Waals surface area contributed by atoms with Crippen LogP contribution in [0.4, 0.5) is 5.82 Å². The Bertz CT molecular complexity index is 613. The van der Waals surface area contributed by atoms with Crippen LogP contribution in [0, 0.1) is 11.3 Å². The molecule has 5 nitrogen and oxygen atoms in total. The average Bonchev–Trinajstić information content (AvgIpc) is 3.01. The van der Waals surface area contributed by atoms with Crippen molar-refractivity contribution in [3.05, 3.63) is 23.9 Å². The number of pyridine rings is 1. The van der Waals surface area contributed by atoms with Crippen molar-refractivity contribution in [2.75, 3.05) is 18.1 Å². The monoisotopic (exact) mass is 242 g/mol. The highest BCUT2D eigenvalue weighted by atomic mass is 16.3. The van der Waals surface area contributed by atoms with Gasteiger partial charge in [-0.2, -0.15) is 5.26 Å². The van der Waals surface area contributed by atoms with Gasteiger partial charge in [0.1, 0.15) is 23.0 Å². The Labute approximate surface area is 105 Å². The Morgan fingerprint density at radius 2 is 2.50 bits per heavy atom. The lowest BCUT2D eigenvalue weighted by molar-refractivity contribution is 0.266. The third kappa shape index (κ3) is 1.54. The zero-order valence-corrected chi connectivity index (χ0v) is 9.93. The van der Waals surface area contributed by atoms with Gasteiger partial charge in [0.15, 0.2) is 0 Å². The van der Waals surface area contributed by atoms with E-state index in [2.05, 4.69) is 20.9 Å². The smallest absolute Gasteiger partial charge is 0.127 e. The van der Waals surface area contributed by atoms with Crippen molar-refractivity contribution in [3.8, 4) is 6.07 Å². The number of anilines is 1. The van der Waals surface area contributed by atoms with E-state index in [4.69, 9.17) is 0 Å². The van der Waals surface area contributed by atoms with E-state index < -0.39 is 0 Å². The van der Waals surface area contributed by atoms with Crippen LogP contribution >= 0.6 is 0 Å². The number of H-pyrrole nitrogens is 1. The highest BCUT2D eigenvalue weighted by molar-refractivity contribution is 5.88. The van der Waals surface area contributed by atoms with E-state index in [1.54, 1.807) is 6.20 Å². The number of aliphatic hydroxyl groups is 1. The van der Waals surface area contributed by atoms with Gasteiger partial charge in [-0.05, 0) is 25.0 Å². The summed E-state index contributed by atoms with van der Waals surface area (Å²) in [6, 6.07) is 6.08. The number of aromatic amines is 1. The first-order chi connectivity index (χ1) is 8.85. The summed E-state index contributed by atoms with van der Waals surface area (Å²) in [5, 5.41) is 18.7. The van der Waals surface area contributed by atoms with Crippen molar-refractivity contribution in [1.29, 1.82) is 5.26 Å². The van der Waals surface area contributed by atoms with Gasteiger partial charge in [-0.25, -0.2) is 0 Å². The third-order valence-corrected chi connectivity index (χ3v) is 3.52. The van der Waals surface area contributed by atoms with E-state index in [1.165, 1.54) is 0 Å². The molecule has 0 bridgehead atoms. The van der Waals surface area contributed by atoms with E-state index in [-0.39, 0.29) is 12.6 Å². The average molecular weight is 242 g/mol. The number of aliphatic hydroxyl groups excluding tert-OH is 1. The zero-order chi connectivity index (χ0) is 12.5. The summed E-state index contributed by atoms with van der Waals surface area (Å²) in [5.41, 5.74) is 2.15. The Kier molecular flexibility index (Phi) is 2.65. The molecule has 0 amide bonds. The molecule has 2 aromatic heterocycles. The minimum Gasteiger partial charge on any atom is -0.394 e. The number of rotatable bonds is 2. The molecule has 0 radical (unpaired) electrons. The zero-order valence-electron chi connectivity index (χ0n) is 9.93. The number of nitriles is 1. The molecule has 3 heterocycles. The number of aromatic nitrogens is 2. The molecule has 1 saturated heterocycles. The van der Waals surface area contributed by atoms with Crippen molar-refractivity contribution in [2.45, 2.75) is 18.9 Å². The van der Waals surface area contributed by atoms with Gasteiger partial charge in [0.2, 0.25) is 0 Å². The molecule has 5 heteroatoms. The minimum absolute atomic E-state index is 0.102. The number of nitrogens with zero attached hydrogens (tertiary/aromatic N) is 3. The summed E-state index contributed by atoms with van der Waals surface area (Å²) >= 11 is 0. The maximum atomic E-state index is 9.38. The minimum atomic E-state index is 0.102. The maximum absolute atomic E-state index is 9.38. The molecule has 0 aromatic carbocycles. The van der Waals surface area contributed by atoms with Gasteiger partial charge in [-0.15, -0.1) is 0 Å². The van der Waals surface area contributed by atoms with Crippen LogP contribution in [0.5, 0.6) is 0 Å². The predicted molar refractivity (Wildman–Crippen MR) is 68.3 cm³/mol. The molecule has 1 aliphatic rings. The van der Waals surface area contributed by atoms with Gasteiger partial charge in [0, 0.05) is 12.7 Å². The van der Waals surface area contributed by atoms with Gasteiger partial charge < -0.3 is 15.0 Å². The standard InChI is InChI=1S/C13H14N4O/c14-7-10-12-11(4-1-5-15-12)16-13(10)17-6-2-3-9(17)8-18/h1,4-5,9,16,18H,2-3,6,8H2/t9-/m1/s1. The largest absolute Gasteiger partial charge is 0.394 e.